The van der Waals surface area contributed by atoms with Gasteiger partial charge in [-0.25, -0.2) is 4.98 Å². The zero-order valence-corrected chi connectivity index (χ0v) is 13.9. The normalized spacial score (nSPS) is 16.7. The molecule has 1 aliphatic carbocycles. The van der Waals surface area contributed by atoms with E-state index in [1.165, 1.54) is 43.4 Å². The highest BCUT2D eigenvalue weighted by Crippen LogP contribution is 2.35. The molecule has 0 aliphatic heterocycles. The lowest BCUT2D eigenvalue weighted by Gasteiger charge is -2.22. The molecule has 4 nitrogen and oxygen atoms in total. The Hall–Kier alpha value is -1.55. The summed E-state index contributed by atoms with van der Waals surface area (Å²) in [6.45, 7) is 2.13. The van der Waals surface area contributed by atoms with Gasteiger partial charge in [-0.05, 0) is 52.0 Å². The van der Waals surface area contributed by atoms with Crippen LogP contribution in [0.1, 0.15) is 50.3 Å². The zero-order chi connectivity index (χ0) is 15.5. The summed E-state index contributed by atoms with van der Waals surface area (Å²) in [5.41, 5.74) is 9.17. The lowest BCUT2D eigenvalue weighted by molar-refractivity contribution is 0.377. The molecule has 0 saturated heterocycles. The van der Waals surface area contributed by atoms with Gasteiger partial charge < -0.3 is 15.2 Å². The van der Waals surface area contributed by atoms with Crippen molar-refractivity contribution < 1.29 is 0 Å². The van der Waals surface area contributed by atoms with Crippen LogP contribution in [0.2, 0.25) is 0 Å². The molecule has 0 amide bonds. The third-order valence-corrected chi connectivity index (χ3v) is 4.80. The molecule has 1 aliphatic rings. The Morgan fingerprint density at radius 3 is 2.73 bits per heavy atom. The average Bonchev–Trinajstić information content (AvgIpc) is 2.88. The first-order valence-corrected chi connectivity index (χ1v) is 8.56. The van der Waals surface area contributed by atoms with Crippen LogP contribution in [0.4, 0.5) is 5.69 Å². The van der Waals surface area contributed by atoms with E-state index >= 15 is 0 Å². The van der Waals surface area contributed by atoms with E-state index in [1.807, 2.05) is 12.1 Å². The SMILES string of the molecule is CN(C)CCCn1c(C2CCCCC2)nc2c(N)cccc21. The van der Waals surface area contributed by atoms with E-state index in [1.54, 1.807) is 0 Å². The number of rotatable bonds is 5. The van der Waals surface area contributed by atoms with Crippen LogP contribution in [0.15, 0.2) is 18.2 Å². The minimum atomic E-state index is 0.611. The topological polar surface area (TPSA) is 47.1 Å². The lowest BCUT2D eigenvalue weighted by atomic mass is 9.88. The molecule has 0 bridgehead atoms. The molecule has 0 atom stereocenters. The van der Waals surface area contributed by atoms with Crippen LogP contribution >= 0.6 is 0 Å². The zero-order valence-electron chi connectivity index (χ0n) is 13.9. The first-order valence-electron chi connectivity index (χ1n) is 8.56. The number of para-hydroxylation sites is 1. The van der Waals surface area contributed by atoms with Crippen LogP contribution in [0.3, 0.4) is 0 Å². The summed E-state index contributed by atoms with van der Waals surface area (Å²) < 4.78 is 2.44. The summed E-state index contributed by atoms with van der Waals surface area (Å²) in [4.78, 5) is 7.20. The van der Waals surface area contributed by atoms with Crippen molar-refractivity contribution in [3.63, 3.8) is 0 Å². The Bertz CT molecular complexity index is 623. The number of benzene rings is 1. The summed E-state index contributed by atoms with van der Waals surface area (Å²) in [6, 6.07) is 6.18. The molecular formula is C18H28N4. The highest BCUT2D eigenvalue weighted by atomic mass is 15.1. The molecule has 1 heterocycles. The van der Waals surface area contributed by atoms with Crippen LogP contribution in [0.25, 0.3) is 11.0 Å². The summed E-state index contributed by atoms with van der Waals surface area (Å²) in [5.74, 6) is 1.88. The summed E-state index contributed by atoms with van der Waals surface area (Å²) >= 11 is 0. The van der Waals surface area contributed by atoms with Crippen molar-refractivity contribution in [1.82, 2.24) is 14.5 Å². The van der Waals surface area contributed by atoms with E-state index in [0.29, 0.717) is 5.92 Å². The van der Waals surface area contributed by atoms with Crippen LogP contribution in [0, 0.1) is 0 Å². The van der Waals surface area contributed by atoms with Gasteiger partial charge in [0.25, 0.3) is 0 Å². The molecule has 1 aromatic carbocycles. The Labute approximate surface area is 133 Å². The Morgan fingerprint density at radius 2 is 2.00 bits per heavy atom. The number of nitrogen functional groups attached to an aromatic ring is 1. The Kier molecular flexibility index (Phi) is 4.67. The van der Waals surface area contributed by atoms with Gasteiger partial charge in [0.05, 0.1) is 11.2 Å². The van der Waals surface area contributed by atoms with E-state index in [9.17, 15) is 0 Å². The molecule has 4 heteroatoms. The van der Waals surface area contributed by atoms with E-state index in [2.05, 4.69) is 29.6 Å². The lowest BCUT2D eigenvalue weighted by Crippen LogP contribution is -2.17. The van der Waals surface area contributed by atoms with E-state index < -0.39 is 0 Å². The predicted octanol–water partition coefficient (Wildman–Crippen LogP) is 3.62. The second-order valence-corrected chi connectivity index (χ2v) is 6.83. The minimum Gasteiger partial charge on any atom is -0.397 e. The van der Waals surface area contributed by atoms with Crippen LogP contribution < -0.4 is 5.73 Å². The summed E-state index contributed by atoms with van der Waals surface area (Å²) in [6.07, 6.45) is 7.74. The smallest absolute Gasteiger partial charge is 0.113 e. The number of hydrogen-bond acceptors (Lipinski definition) is 3. The largest absolute Gasteiger partial charge is 0.397 e. The third-order valence-electron chi connectivity index (χ3n) is 4.80. The fourth-order valence-electron chi connectivity index (χ4n) is 3.64. The van der Waals surface area contributed by atoms with Gasteiger partial charge in [-0.3, -0.25) is 0 Å². The van der Waals surface area contributed by atoms with Gasteiger partial charge in [0, 0.05) is 12.5 Å². The molecule has 0 spiro atoms. The number of aromatic nitrogens is 2. The fourth-order valence-corrected chi connectivity index (χ4v) is 3.64. The standard InChI is InChI=1S/C18H28N4/c1-21(2)12-7-13-22-16-11-6-10-15(19)17(16)20-18(22)14-8-4-3-5-9-14/h6,10-11,14H,3-5,7-9,12-13,19H2,1-2H3. The minimum absolute atomic E-state index is 0.611. The second-order valence-electron chi connectivity index (χ2n) is 6.83. The Balaban J connectivity index is 1.95. The van der Waals surface area contributed by atoms with Crippen molar-refractivity contribution >= 4 is 16.7 Å². The van der Waals surface area contributed by atoms with Gasteiger partial charge in [0.15, 0.2) is 0 Å². The maximum absolute atomic E-state index is 6.16. The highest BCUT2D eigenvalue weighted by molar-refractivity contribution is 5.87. The van der Waals surface area contributed by atoms with Gasteiger partial charge in [-0.2, -0.15) is 0 Å². The fraction of sp³-hybridized carbons (Fsp3) is 0.611. The number of aryl methyl sites for hydroxylation is 1. The van der Waals surface area contributed by atoms with Gasteiger partial charge in [-0.1, -0.05) is 25.3 Å². The van der Waals surface area contributed by atoms with Crippen LogP contribution in [-0.2, 0) is 6.54 Å². The maximum atomic E-state index is 6.16. The van der Waals surface area contributed by atoms with Gasteiger partial charge >= 0.3 is 0 Å². The maximum Gasteiger partial charge on any atom is 0.113 e. The summed E-state index contributed by atoms with van der Waals surface area (Å²) in [5, 5.41) is 0. The van der Waals surface area contributed by atoms with Crippen molar-refractivity contribution in [3.8, 4) is 0 Å². The third kappa shape index (κ3) is 3.12. The second kappa shape index (κ2) is 6.69. The molecule has 2 aromatic rings. The number of imidazole rings is 1. The molecule has 2 N–H and O–H groups in total. The van der Waals surface area contributed by atoms with Crippen molar-refractivity contribution in [2.75, 3.05) is 26.4 Å². The van der Waals surface area contributed by atoms with Gasteiger partial charge in [0.1, 0.15) is 11.3 Å². The van der Waals surface area contributed by atoms with Gasteiger partial charge in [0.2, 0.25) is 0 Å². The van der Waals surface area contributed by atoms with E-state index in [-0.39, 0.29) is 0 Å². The predicted molar refractivity (Wildman–Crippen MR) is 93.1 cm³/mol. The van der Waals surface area contributed by atoms with Crippen LogP contribution in [-0.4, -0.2) is 35.1 Å². The van der Waals surface area contributed by atoms with Gasteiger partial charge in [-0.15, -0.1) is 0 Å². The number of nitrogens with zero attached hydrogens (tertiary/aromatic N) is 3. The number of fused-ring (bicyclic) bond motifs is 1. The van der Waals surface area contributed by atoms with Crippen LogP contribution in [0.5, 0.6) is 0 Å². The molecule has 0 radical (unpaired) electrons. The van der Waals surface area contributed by atoms with Crippen molar-refractivity contribution in [3.05, 3.63) is 24.0 Å². The number of anilines is 1. The molecule has 22 heavy (non-hydrogen) atoms. The number of hydrogen-bond donors (Lipinski definition) is 1. The number of nitrogens with two attached hydrogens (primary N) is 1. The van der Waals surface area contributed by atoms with Crippen molar-refractivity contribution in [2.45, 2.75) is 51.0 Å². The first kappa shape index (κ1) is 15.3. The molecule has 0 unspecified atom stereocenters. The quantitative estimate of drug-likeness (QED) is 0.858. The molecular weight excluding hydrogens is 272 g/mol. The van der Waals surface area contributed by atoms with Crippen molar-refractivity contribution in [2.24, 2.45) is 0 Å². The average molecular weight is 300 g/mol. The molecule has 1 fully saturated rings. The molecule has 1 saturated carbocycles. The molecule has 1 aromatic heterocycles. The first-order chi connectivity index (χ1) is 10.7. The highest BCUT2D eigenvalue weighted by Gasteiger charge is 2.22. The van der Waals surface area contributed by atoms with E-state index in [4.69, 9.17) is 10.7 Å². The molecule has 120 valence electrons. The van der Waals surface area contributed by atoms with Crippen molar-refractivity contribution in [1.29, 1.82) is 0 Å². The molecule has 3 rings (SSSR count). The summed E-state index contributed by atoms with van der Waals surface area (Å²) in [7, 11) is 4.26. The van der Waals surface area contributed by atoms with E-state index in [0.717, 1.165) is 30.7 Å². The monoisotopic (exact) mass is 300 g/mol. The Morgan fingerprint density at radius 1 is 1.23 bits per heavy atom.